The van der Waals surface area contributed by atoms with E-state index in [2.05, 4.69) is 25.8 Å². The van der Waals surface area contributed by atoms with Gasteiger partial charge in [0, 0.05) is 17.8 Å². The summed E-state index contributed by atoms with van der Waals surface area (Å²) >= 11 is 1.36. The van der Waals surface area contributed by atoms with E-state index >= 15 is 0 Å². The van der Waals surface area contributed by atoms with Crippen LogP contribution in [0.2, 0.25) is 0 Å². The van der Waals surface area contributed by atoms with Crippen molar-refractivity contribution < 1.29 is 4.79 Å². The van der Waals surface area contributed by atoms with Crippen LogP contribution in [-0.4, -0.2) is 25.6 Å². The largest absolute Gasteiger partial charge is 0.328 e. The van der Waals surface area contributed by atoms with Gasteiger partial charge in [-0.3, -0.25) is 9.72 Å². The summed E-state index contributed by atoms with van der Waals surface area (Å²) in [6.07, 6.45) is 3.50. The Hall–Kier alpha value is -2.48. The van der Waals surface area contributed by atoms with Gasteiger partial charge in [-0.2, -0.15) is 0 Å². The Morgan fingerprint density at radius 1 is 1.40 bits per heavy atom. The molecule has 0 saturated heterocycles. The van der Waals surface area contributed by atoms with E-state index in [-0.39, 0.29) is 12.1 Å². The van der Waals surface area contributed by atoms with Gasteiger partial charge in [-0.25, -0.2) is 9.78 Å². The highest BCUT2D eigenvalue weighted by Crippen LogP contribution is 2.13. The minimum atomic E-state index is -0.319. The Morgan fingerprint density at radius 3 is 3.10 bits per heavy atom. The molecule has 3 rings (SSSR count). The monoisotopic (exact) mass is 288 g/mol. The van der Waals surface area contributed by atoms with Crippen molar-refractivity contribution in [3.8, 4) is 0 Å². The molecule has 3 aromatic rings. The zero-order valence-corrected chi connectivity index (χ0v) is 11.5. The van der Waals surface area contributed by atoms with Crippen LogP contribution in [0, 0.1) is 0 Å². The second kappa shape index (κ2) is 5.25. The molecule has 0 bridgehead atoms. The zero-order valence-electron chi connectivity index (χ0n) is 10.6. The number of pyridine rings is 1. The van der Waals surface area contributed by atoms with E-state index in [1.165, 1.54) is 11.3 Å². The third-order valence-electron chi connectivity index (χ3n) is 2.73. The van der Waals surface area contributed by atoms with Crippen molar-refractivity contribution >= 4 is 28.1 Å². The molecule has 2 amide bonds. The van der Waals surface area contributed by atoms with Crippen molar-refractivity contribution in [2.45, 2.75) is 13.0 Å². The maximum atomic E-state index is 11.8. The van der Waals surface area contributed by atoms with Crippen molar-refractivity contribution in [1.29, 1.82) is 0 Å². The zero-order chi connectivity index (χ0) is 13.9. The van der Waals surface area contributed by atoms with Crippen LogP contribution in [0.3, 0.4) is 0 Å². The third-order valence-corrected chi connectivity index (χ3v) is 3.42. The number of amides is 2. The average molecular weight is 288 g/mol. The molecule has 0 fully saturated rings. The number of anilines is 1. The summed E-state index contributed by atoms with van der Waals surface area (Å²) in [7, 11) is 0. The number of aromatic nitrogens is 4. The van der Waals surface area contributed by atoms with E-state index in [1.807, 2.05) is 35.7 Å². The van der Waals surface area contributed by atoms with Crippen molar-refractivity contribution in [3.05, 3.63) is 41.8 Å². The molecule has 0 saturated carbocycles. The number of carbonyl (C=O) groups excluding carboxylic acids is 1. The van der Waals surface area contributed by atoms with Gasteiger partial charge in [0.2, 0.25) is 0 Å². The van der Waals surface area contributed by atoms with E-state index in [1.54, 1.807) is 11.6 Å². The predicted molar refractivity (Wildman–Crippen MR) is 75.7 cm³/mol. The molecule has 0 aliphatic rings. The van der Waals surface area contributed by atoms with Crippen LogP contribution < -0.4 is 10.6 Å². The Balaban J connectivity index is 1.72. The van der Waals surface area contributed by atoms with E-state index in [4.69, 9.17) is 0 Å². The predicted octanol–water partition coefficient (Wildman–Crippen LogP) is 2.07. The second-order valence-electron chi connectivity index (χ2n) is 4.14. The van der Waals surface area contributed by atoms with Gasteiger partial charge in [-0.05, 0) is 19.1 Å². The van der Waals surface area contributed by atoms with Gasteiger partial charge in [0.15, 0.2) is 16.6 Å². The first-order valence-electron chi connectivity index (χ1n) is 6.01. The van der Waals surface area contributed by atoms with Crippen LogP contribution in [-0.2, 0) is 0 Å². The van der Waals surface area contributed by atoms with Crippen molar-refractivity contribution in [1.82, 2.24) is 24.9 Å². The van der Waals surface area contributed by atoms with Crippen LogP contribution in [0.15, 0.2) is 36.0 Å². The Morgan fingerprint density at radius 2 is 2.30 bits per heavy atom. The molecular weight excluding hydrogens is 276 g/mol. The fourth-order valence-electron chi connectivity index (χ4n) is 1.83. The second-order valence-corrected chi connectivity index (χ2v) is 5.04. The van der Waals surface area contributed by atoms with Gasteiger partial charge in [-0.1, -0.05) is 6.07 Å². The molecule has 1 unspecified atom stereocenters. The first-order valence-corrected chi connectivity index (χ1v) is 6.88. The minimum Gasteiger partial charge on any atom is -0.328 e. The van der Waals surface area contributed by atoms with Gasteiger partial charge in [0.1, 0.15) is 0 Å². The average Bonchev–Trinajstić information content (AvgIpc) is 3.07. The molecule has 0 aliphatic heterocycles. The van der Waals surface area contributed by atoms with Crippen LogP contribution in [0.1, 0.15) is 18.8 Å². The lowest BCUT2D eigenvalue weighted by atomic mass is 10.3. The lowest BCUT2D eigenvalue weighted by Crippen LogP contribution is -2.32. The lowest BCUT2D eigenvalue weighted by Gasteiger charge is -2.12. The first kappa shape index (κ1) is 12.5. The molecular formula is C12H12N6OS. The molecule has 8 heteroatoms. The number of urea groups is 1. The van der Waals surface area contributed by atoms with Crippen LogP contribution >= 0.6 is 11.3 Å². The molecule has 0 radical (unpaired) electrons. The maximum Gasteiger partial charge on any atom is 0.321 e. The first-order chi connectivity index (χ1) is 9.74. The third kappa shape index (κ3) is 2.45. The SMILES string of the molecule is CC(NC(=O)Nc1nccs1)c1nnc2ccccn12. The Bertz CT molecular complexity index is 722. The minimum absolute atomic E-state index is 0.271. The summed E-state index contributed by atoms with van der Waals surface area (Å²) in [6.45, 7) is 1.85. The number of thiazole rings is 1. The highest BCUT2D eigenvalue weighted by atomic mass is 32.1. The van der Waals surface area contributed by atoms with Gasteiger partial charge < -0.3 is 5.32 Å². The fraction of sp³-hybridized carbons (Fsp3) is 0.167. The number of rotatable bonds is 3. The fourth-order valence-corrected chi connectivity index (χ4v) is 2.36. The van der Waals surface area contributed by atoms with Crippen molar-refractivity contribution in [2.75, 3.05) is 5.32 Å². The van der Waals surface area contributed by atoms with E-state index in [9.17, 15) is 4.79 Å². The quantitative estimate of drug-likeness (QED) is 0.772. The van der Waals surface area contributed by atoms with E-state index < -0.39 is 0 Å². The molecule has 2 N–H and O–H groups in total. The highest BCUT2D eigenvalue weighted by Gasteiger charge is 2.15. The highest BCUT2D eigenvalue weighted by molar-refractivity contribution is 7.13. The lowest BCUT2D eigenvalue weighted by molar-refractivity contribution is 0.249. The topological polar surface area (TPSA) is 84.2 Å². The van der Waals surface area contributed by atoms with Crippen LogP contribution in [0.25, 0.3) is 5.65 Å². The number of nitrogens with one attached hydrogen (secondary N) is 2. The molecule has 20 heavy (non-hydrogen) atoms. The standard InChI is InChI=1S/C12H12N6OS/c1-8(14-11(19)15-12-13-5-7-20-12)10-17-16-9-4-2-3-6-18(9)10/h2-8H,1H3,(H2,13,14,15,19). The van der Waals surface area contributed by atoms with Crippen molar-refractivity contribution in [3.63, 3.8) is 0 Å². The number of carbonyl (C=O) groups is 1. The summed E-state index contributed by atoms with van der Waals surface area (Å²) in [5, 5.41) is 16.0. The van der Waals surface area contributed by atoms with E-state index in [0.717, 1.165) is 5.65 Å². The number of hydrogen-bond donors (Lipinski definition) is 2. The summed E-state index contributed by atoms with van der Waals surface area (Å²) in [5.41, 5.74) is 0.747. The summed E-state index contributed by atoms with van der Waals surface area (Å²) in [4.78, 5) is 15.8. The normalized spacial score (nSPS) is 12.2. The number of hydrogen-bond acceptors (Lipinski definition) is 5. The molecule has 0 spiro atoms. The van der Waals surface area contributed by atoms with Gasteiger partial charge >= 0.3 is 6.03 Å². The molecule has 7 nitrogen and oxygen atoms in total. The molecule has 3 heterocycles. The molecule has 1 atom stereocenters. The number of nitrogens with zero attached hydrogens (tertiary/aromatic N) is 4. The van der Waals surface area contributed by atoms with Gasteiger partial charge in [-0.15, -0.1) is 21.5 Å². The molecule has 0 aromatic carbocycles. The summed E-state index contributed by atoms with van der Waals surface area (Å²) in [6, 6.07) is 5.05. The molecule has 0 aliphatic carbocycles. The van der Waals surface area contributed by atoms with Crippen LogP contribution in [0.5, 0.6) is 0 Å². The summed E-state index contributed by atoms with van der Waals surface area (Å²) in [5.74, 6) is 0.676. The maximum absolute atomic E-state index is 11.8. The number of fused-ring (bicyclic) bond motifs is 1. The molecule has 102 valence electrons. The molecule has 3 aromatic heterocycles. The van der Waals surface area contributed by atoms with Crippen molar-refractivity contribution in [2.24, 2.45) is 0 Å². The summed E-state index contributed by atoms with van der Waals surface area (Å²) < 4.78 is 1.84. The van der Waals surface area contributed by atoms with Gasteiger partial charge in [0.05, 0.1) is 6.04 Å². The smallest absolute Gasteiger partial charge is 0.321 e. The van der Waals surface area contributed by atoms with E-state index in [0.29, 0.717) is 11.0 Å². The van der Waals surface area contributed by atoms with Gasteiger partial charge in [0.25, 0.3) is 0 Å². The Labute approximate surface area is 118 Å². The van der Waals surface area contributed by atoms with Crippen LogP contribution in [0.4, 0.5) is 9.93 Å². The Kier molecular flexibility index (Phi) is 3.30.